The van der Waals surface area contributed by atoms with Gasteiger partial charge in [0, 0.05) is 61.5 Å². The highest BCUT2D eigenvalue weighted by molar-refractivity contribution is 7.77. The zero-order valence-corrected chi connectivity index (χ0v) is 24.9. The SMILES string of the molecule is O=C(Nc1nc(-c2ccc(CNS(=O)O)cc2)ns1)N(CCc1ncccn1)CCC(c1ccccc1)c1ccccc1. The monoisotopic (exact) mass is 613 g/mol. The second kappa shape index (κ2) is 15.2. The molecule has 1 atom stereocenters. The fraction of sp³-hybridized carbons (Fsp3) is 0.194. The van der Waals surface area contributed by atoms with Crippen molar-refractivity contribution in [3.8, 4) is 11.4 Å². The highest BCUT2D eigenvalue weighted by Crippen LogP contribution is 2.28. The Balaban J connectivity index is 1.29. The van der Waals surface area contributed by atoms with Crippen LogP contribution in [0.3, 0.4) is 0 Å². The van der Waals surface area contributed by atoms with Gasteiger partial charge in [0.1, 0.15) is 5.82 Å². The number of carbonyl (C=O) groups is 1. The smallest absolute Gasteiger partial charge is 0.323 e. The van der Waals surface area contributed by atoms with E-state index in [1.807, 2.05) is 60.7 Å². The molecule has 0 fully saturated rings. The number of hydrogen-bond donors (Lipinski definition) is 3. The van der Waals surface area contributed by atoms with Crippen molar-refractivity contribution in [1.29, 1.82) is 0 Å². The number of hydrogen-bond acceptors (Lipinski definition) is 7. The second-order valence-corrected chi connectivity index (χ2v) is 11.2. The van der Waals surface area contributed by atoms with E-state index in [1.54, 1.807) is 23.4 Å². The Labute approximate surface area is 256 Å². The molecule has 1 unspecified atom stereocenters. The maximum atomic E-state index is 13.6. The second-order valence-electron chi connectivity index (χ2n) is 9.69. The number of amides is 2. The minimum Gasteiger partial charge on any atom is -0.324 e. The largest absolute Gasteiger partial charge is 0.324 e. The summed E-state index contributed by atoms with van der Waals surface area (Å²) in [6.45, 7) is 1.20. The number of aromatic nitrogens is 4. The number of urea groups is 1. The van der Waals surface area contributed by atoms with Gasteiger partial charge in [-0.15, -0.1) is 0 Å². The van der Waals surface area contributed by atoms with E-state index in [0.717, 1.165) is 29.1 Å². The maximum Gasteiger partial charge on any atom is 0.323 e. The molecule has 0 aliphatic carbocycles. The number of carbonyl (C=O) groups excluding carboxylic acids is 1. The van der Waals surface area contributed by atoms with Gasteiger partial charge in [0.05, 0.1) is 0 Å². The molecule has 0 aliphatic heterocycles. The Morgan fingerprint density at radius 3 is 2.16 bits per heavy atom. The third-order valence-corrected chi connectivity index (χ3v) is 7.88. The number of rotatable bonds is 13. The fourth-order valence-corrected chi connectivity index (χ4v) is 5.54. The van der Waals surface area contributed by atoms with Gasteiger partial charge in [-0.2, -0.15) is 9.36 Å². The summed E-state index contributed by atoms with van der Waals surface area (Å²) in [4.78, 5) is 28.6. The van der Waals surface area contributed by atoms with E-state index >= 15 is 0 Å². The summed E-state index contributed by atoms with van der Waals surface area (Å²) < 4.78 is 26.6. The van der Waals surface area contributed by atoms with Crippen LogP contribution in [0.1, 0.15) is 34.9 Å². The lowest BCUT2D eigenvalue weighted by atomic mass is 9.88. The molecule has 0 spiro atoms. The lowest BCUT2D eigenvalue weighted by molar-refractivity contribution is 0.210. The normalized spacial score (nSPS) is 11.8. The van der Waals surface area contributed by atoms with Crippen molar-refractivity contribution < 1.29 is 13.6 Å². The van der Waals surface area contributed by atoms with Crippen LogP contribution in [0, 0.1) is 0 Å². The van der Waals surface area contributed by atoms with Gasteiger partial charge >= 0.3 is 6.03 Å². The third kappa shape index (κ3) is 8.82. The fourth-order valence-electron chi connectivity index (χ4n) is 4.67. The molecule has 0 bridgehead atoms. The highest BCUT2D eigenvalue weighted by Gasteiger charge is 2.21. The number of nitrogens with zero attached hydrogens (tertiary/aromatic N) is 5. The molecule has 2 heterocycles. The lowest BCUT2D eigenvalue weighted by Gasteiger charge is -2.26. The predicted molar refractivity (Wildman–Crippen MR) is 169 cm³/mol. The van der Waals surface area contributed by atoms with Crippen LogP contribution in [0.2, 0.25) is 0 Å². The maximum absolute atomic E-state index is 13.6. The molecule has 0 saturated heterocycles. The van der Waals surface area contributed by atoms with E-state index in [1.165, 1.54) is 11.1 Å². The van der Waals surface area contributed by atoms with E-state index in [-0.39, 0.29) is 18.5 Å². The molecule has 0 radical (unpaired) electrons. The molecule has 12 heteroatoms. The molecule has 2 amide bonds. The predicted octanol–water partition coefficient (Wildman–Crippen LogP) is 5.52. The molecule has 220 valence electrons. The van der Waals surface area contributed by atoms with Crippen molar-refractivity contribution in [3.05, 3.63) is 126 Å². The van der Waals surface area contributed by atoms with Gasteiger partial charge in [-0.25, -0.2) is 23.7 Å². The van der Waals surface area contributed by atoms with Gasteiger partial charge in [0.15, 0.2) is 5.82 Å². The van der Waals surface area contributed by atoms with Crippen LogP contribution in [0.15, 0.2) is 103 Å². The van der Waals surface area contributed by atoms with Crippen molar-refractivity contribution >= 4 is 34.0 Å². The van der Waals surface area contributed by atoms with E-state index in [9.17, 15) is 9.00 Å². The van der Waals surface area contributed by atoms with Gasteiger partial charge in [-0.1, -0.05) is 84.9 Å². The number of anilines is 1. The van der Waals surface area contributed by atoms with Gasteiger partial charge in [0.2, 0.25) is 16.4 Å². The summed E-state index contributed by atoms with van der Waals surface area (Å²) in [5, 5.41) is 3.33. The molecular weight excluding hydrogens is 583 g/mol. The zero-order chi connectivity index (χ0) is 29.9. The van der Waals surface area contributed by atoms with Crippen molar-refractivity contribution in [2.24, 2.45) is 0 Å². The first-order chi connectivity index (χ1) is 21.0. The lowest BCUT2D eigenvalue weighted by Crippen LogP contribution is -2.38. The molecule has 5 aromatic rings. The van der Waals surface area contributed by atoms with Crippen molar-refractivity contribution in [3.63, 3.8) is 0 Å². The van der Waals surface area contributed by atoms with Crippen LogP contribution < -0.4 is 10.0 Å². The van der Waals surface area contributed by atoms with Crippen LogP contribution >= 0.6 is 11.5 Å². The Morgan fingerprint density at radius 2 is 1.53 bits per heavy atom. The van der Waals surface area contributed by atoms with Crippen LogP contribution in [0.25, 0.3) is 11.4 Å². The molecule has 2 aromatic heterocycles. The first-order valence-electron chi connectivity index (χ1n) is 13.7. The highest BCUT2D eigenvalue weighted by atomic mass is 32.2. The summed E-state index contributed by atoms with van der Waals surface area (Å²) in [5.74, 6) is 1.28. The van der Waals surface area contributed by atoms with Gasteiger partial charge in [-0.05, 0) is 29.2 Å². The number of benzene rings is 3. The van der Waals surface area contributed by atoms with Crippen LogP contribution in [0.4, 0.5) is 9.93 Å². The van der Waals surface area contributed by atoms with Gasteiger partial charge in [-0.3, -0.25) is 9.87 Å². The summed E-state index contributed by atoms with van der Waals surface area (Å²) in [7, 11) is 0. The van der Waals surface area contributed by atoms with Gasteiger partial charge < -0.3 is 4.90 Å². The topological polar surface area (TPSA) is 133 Å². The minimum absolute atomic E-state index is 0.120. The quantitative estimate of drug-likeness (QED) is 0.149. The first kappa shape index (κ1) is 30.1. The van der Waals surface area contributed by atoms with Crippen molar-refractivity contribution in [2.45, 2.75) is 25.3 Å². The van der Waals surface area contributed by atoms with E-state index in [4.69, 9.17) is 4.55 Å². The van der Waals surface area contributed by atoms with Crippen molar-refractivity contribution in [1.82, 2.24) is 28.9 Å². The summed E-state index contributed by atoms with van der Waals surface area (Å²) in [6.07, 6.45) is 4.64. The Kier molecular flexibility index (Phi) is 10.6. The van der Waals surface area contributed by atoms with Crippen molar-refractivity contribution in [2.75, 3.05) is 18.4 Å². The molecule has 3 N–H and O–H groups in total. The summed E-state index contributed by atoms with van der Waals surface area (Å²) in [6, 6.07) is 29.5. The first-order valence-corrected chi connectivity index (χ1v) is 15.6. The Hall–Kier alpha value is -4.36. The summed E-state index contributed by atoms with van der Waals surface area (Å²) >= 11 is -0.964. The molecule has 5 rings (SSSR count). The van der Waals surface area contributed by atoms with E-state index < -0.39 is 11.3 Å². The summed E-state index contributed by atoms with van der Waals surface area (Å²) in [5.41, 5.74) is 4.01. The third-order valence-electron chi connectivity index (χ3n) is 6.86. The molecule has 10 nitrogen and oxygen atoms in total. The molecular formula is C31H31N7O3S2. The molecule has 43 heavy (non-hydrogen) atoms. The Morgan fingerprint density at radius 1 is 0.884 bits per heavy atom. The zero-order valence-electron chi connectivity index (χ0n) is 23.2. The van der Waals surface area contributed by atoms with Crippen LogP contribution in [-0.4, -0.2) is 52.1 Å². The Bertz CT molecular complexity index is 1570. The van der Waals surface area contributed by atoms with Crippen LogP contribution in [-0.2, 0) is 24.2 Å². The average Bonchev–Trinajstić information content (AvgIpc) is 3.51. The van der Waals surface area contributed by atoms with E-state index in [0.29, 0.717) is 36.3 Å². The van der Waals surface area contributed by atoms with Crippen LogP contribution in [0.5, 0.6) is 0 Å². The van der Waals surface area contributed by atoms with Gasteiger partial charge in [0.25, 0.3) is 0 Å². The molecule has 0 aliphatic rings. The number of nitrogens with one attached hydrogen (secondary N) is 2. The minimum atomic E-state index is -2.08. The standard InChI is InChI=1S/C31H31N7O3S2/c39-31(36-30-35-29(37-42-30)26-14-12-23(13-15-26)22-34-43(40)41)38(21-17-28-32-18-7-19-33-28)20-16-27(24-8-3-1-4-9-24)25-10-5-2-6-11-25/h1-15,18-19,27,34H,16-17,20-22H2,(H,40,41)(H,35,36,37,39). The average molecular weight is 614 g/mol. The molecule has 3 aromatic carbocycles. The molecule has 0 saturated carbocycles. The van der Waals surface area contributed by atoms with E-state index in [2.05, 4.69) is 53.6 Å².